The van der Waals surface area contributed by atoms with Crippen molar-refractivity contribution in [3.63, 3.8) is 0 Å². The molecule has 1 aromatic rings. The minimum Gasteiger partial charge on any atom is -0.495 e. The highest BCUT2D eigenvalue weighted by atomic mass is 79.9. The van der Waals surface area contributed by atoms with Crippen LogP contribution in [0, 0.1) is 0 Å². The van der Waals surface area contributed by atoms with E-state index >= 15 is 0 Å². The van der Waals surface area contributed by atoms with Gasteiger partial charge in [0, 0.05) is 17.6 Å². The lowest BCUT2D eigenvalue weighted by Gasteiger charge is -2.15. The van der Waals surface area contributed by atoms with Crippen molar-refractivity contribution in [1.82, 2.24) is 4.90 Å². The fraction of sp³-hybridized carbons (Fsp3) is 0.400. The van der Waals surface area contributed by atoms with Crippen molar-refractivity contribution in [1.29, 1.82) is 0 Å². The predicted molar refractivity (Wildman–Crippen MR) is 68.3 cm³/mol. The normalized spacial score (nSPS) is 10.8. The van der Waals surface area contributed by atoms with E-state index in [0.29, 0.717) is 15.8 Å². The van der Waals surface area contributed by atoms with Crippen LogP contribution in [0.25, 0.3) is 0 Å². The molecule has 0 saturated carbocycles. The molecule has 0 unspecified atom stereocenters. The fourth-order valence-corrected chi connectivity index (χ4v) is 1.83. The number of hydrogen-bond acceptors (Lipinski definition) is 2. The van der Waals surface area contributed by atoms with Gasteiger partial charge in [0.2, 0.25) is 0 Å². The van der Waals surface area contributed by atoms with Crippen molar-refractivity contribution in [2.24, 2.45) is 0 Å². The monoisotopic (exact) mass is 311 g/mol. The van der Waals surface area contributed by atoms with Crippen LogP contribution in [0.3, 0.4) is 0 Å². The molecule has 0 fully saturated rings. The van der Waals surface area contributed by atoms with Gasteiger partial charge in [0.15, 0.2) is 0 Å². The van der Waals surface area contributed by atoms with E-state index in [1.165, 1.54) is 0 Å². The van der Waals surface area contributed by atoms with Gasteiger partial charge in [-0.2, -0.15) is 0 Å². The number of benzene rings is 1. The predicted octanol–water partition coefficient (Wildman–Crippen LogP) is 3.79. The van der Waals surface area contributed by atoms with E-state index in [0.717, 1.165) is 17.6 Å². The Morgan fingerprint density at radius 1 is 1.33 bits per heavy atom. The van der Waals surface area contributed by atoms with E-state index in [1.54, 1.807) is 13.2 Å². The van der Waals surface area contributed by atoms with E-state index in [4.69, 9.17) is 27.9 Å². The first kappa shape index (κ1) is 13.1. The second-order valence-corrected chi connectivity index (χ2v) is 4.53. The van der Waals surface area contributed by atoms with Crippen LogP contribution < -0.4 is 4.74 Å². The number of halogens is 3. The molecule has 0 N–H and O–H groups in total. The van der Waals surface area contributed by atoms with Gasteiger partial charge in [-0.3, -0.25) is 4.90 Å². The summed E-state index contributed by atoms with van der Waals surface area (Å²) in [5.41, 5.74) is 1.77. The number of rotatable bonds is 4. The Labute approximate surface area is 108 Å². The van der Waals surface area contributed by atoms with Gasteiger partial charge in [-0.25, -0.2) is 0 Å². The maximum atomic E-state index is 6.10. The van der Waals surface area contributed by atoms with Gasteiger partial charge in [-0.1, -0.05) is 39.1 Å². The molecule has 0 amide bonds. The lowest BCUT2D eigenvalue weighted by molar-refractivity contribution is 0.388. The topological polar surface area (TPSA) is 12.5 Å². The molecule has 0 spiro atoms. The maximum Gasteiger partial charge on any atom is 0.138 e. The van der Waals surface area contributed by atoms with E-state index in [9.17, 15) is 0 Å². The fourth-order valence-electron chi connectivity index (χ4n) is 1.18. The van der Waals surface area contributed by atoms with Crippen LogP contribution in [0.15, 0.2) is 12.1 Å². The zero-order chi connectivity index (χ0) is 11.4. The van der Waals surface area contributed by atoms with Crippen LogP contribution in [0.5, 0.6) is 5.75 Å². The maximum absolute atomic E-state index is 6.10. The Hall–Kier alpha value is 0.0400. The van der Waals surface area contributed by atoms with E-state index in [-0.39, 0.29) is 0 Å². The summed E-state index contributed by atoms with van der Waals surface area (Å²) in [6.07, 6.45) is 0. The molecule has 5 heteroatoms. The zero-order valence-electron chi connectivity index (χ0n) is 8.56. The van der Waals surface area contributed by atoms with Gasteiger partial charge in [-0.05, 0) is 18.7 Å². The van der Waals surface area contributed by atoms with Crippen molar-refractivity contribution in [2.45, 2.75) is 6.54 Å². The Morgan fingerprint density at radius 3 is 2.53 bits per heavy atom. The Kier molecular flexibility index (Phi) is 5.19. The third kappa shape index (κ3) is 3.52. The smallest absolute Gasteiger partial charge is 0.138 e. The quantitative estimate of drug-likeness (QED) is 0.619. The van der Waals surface area contributed by atoms with Crippen molar-refractivity contribution in [2.75, 3.05) is 19.6 Å². The second-order valence-electron chi connectivity index (χ2n) is 3.21. The summed E-state index contributed by atoms with van der Waals surface area (Å²) in [5.74, 6) is 0.604. The standard InChI is InChI=1S/C10H12BrCl2NO/c1-14(6-11)5-7-3-9(13)10(15-2)4-8(7)12/h3-4H,5-6H2,1-2H3. The molecule has 0 heterocycles. The van der Waals surface area contributed by atoms with Gasteiger partial charge in [0.1, 0.15) is 5.75 Å². The van der Waals surface area contributed by atoms with Gasteiger partial charge >= 0.3 is 0 Å². The summed E-state index contributed by atoms with van der Waals surface area (Å²) in [5, 5.41) is 1.25. The van der Waals surface area contributed by atoms with E-state index < -0.39 is 0 Å². The molecule has 2 nitrogen and oxygen atoms in total. The molecule has 84 valence electrons. The number of nitrogens with zero attached hydrogens (tertiary/aromatic N) is 1. The average Bonchev–Trinajstić information content (AvgIpc) is 2.22. The molecule has 0 bridgehead atoms. The number of alkyl halides is 1. The van der Waals surface area contributed by atoms with Gasteiger partial charge in [0.05, 0.1) is 17.6 Å². The summed E-state index contributed by atoms with van der Waals surface area (Å²) >= 11 is 15.5. The van der Waals surface area contributed by atoms with Crippen molar-refractivity contribution in [3.8, 4) is 5.75 Å². The molecule has 1 rings (SSSR count). The summed E-state index contributed by atoms with van der Waals surface area (Å²) in [6, 6.07) is 3.57. The third-order valence-corrected chi connectivity index (χ3v) is 3.47. The number of ether oxygens (including phenoxy) is 1. The molecule has 0 aromatic heterocycles. The molecule has 0 aliphatic carbocycles. The summed E-state index contributed by atoms with van der Waals surface area (Å²) in [7, 11) is 3.56. The average molecular weight is 313 g/mol. The highest BCUT2D eigenvalue weighted by Crippen LogP contribution is 2.31. The molecule has 15 heavy (non-hydrogen) atoms. The summed E-state index contributed by atoms with van der Waals surface area (Å²) in [4.78, 5) is 2.07. The molecular weight excluding hydrogens is 301 g/mol. The Balaban J connectivity index is 2.95. The number of methoxy groups -OCH3 is 1. The van der Waals surface area contributed by atoms with Crippen LogP contribution in [0.4, 0.5) is 0 Å². The molecule has 1 aromatic carbocycles. The first-order valence-corrected chi connectivity index (χ1v) is 6.22. The second kappa shape index (κ2) is 5.94. The number of hydrogen-bond donors (Lipinski definition) is 0. The molecule has 0 saturated heterocycles. The van der Waals surface area contributed by atoms with Gasteiger partial charge in [0.25, 0.3) is 0 Å². The van der Waals surface area contributed by atoms with Crippen LogP contribution in [0.1, 0.15) is 5.56 Å². The molecule has 0 radical (unpaired) electrons. The van der Waals surface area contributed by atoms with Crippen molar-refractivity contribution < 1.29 is 4.74 Å². The first-order chi connectivity index (χ1) is 7.08. The molecule has 0 atom stereocenters. The third-order valence-electron chi connectivity index (χ3n) is 1.97. The zero-order valence-corrected chi connectivity index (χ0v) is 11.7. The molecule has 0 aliphatic rings. The molecular formula is C10H12BrCl2NO. The Morgan fingerprint density at radius 2 is 2.00 bits per heavy atom. The highest BCUT2D eigenvalue weighted by molar-refractivity contribution is 9.09. The van der Waals surface area contributed by atoms with Crippen LogP contribution in [-0.4, -0.2) is 24.5 Å². The minimum absolute atomic E-state index is 0.583. The van der Waals surface area contributed by atoms with Crippen molar-refractivity contribution >= 4 is 39.1 Å². The summed E-state index contributed by atoms with van der Waals surface area (Å²) < 4.78 is 5.07. The van der Waals surface area contributed by atoms with Gasteiger partial charge < -0.3 is 4.74 Å². The molecule has 0 aliphatic heterocycles. The van der Waals surface area contributed by atoms with E-state index in [2.05, 4.69) is 20.8 Å². The van der Waals surface area contributed by atoms with Crippen LogP contribution in [0.2, 0.25) is 10.0 Å². The Bertz CT molecular complexity index is 346. The van der Waals surface area contributed by atoms with Gasteiger partial charge in [-0.15, -0.1) is 0 Å². The largest absolute Gasteiger partial charge is 0.495 e. The lowest BCUT2D eigenvalue weighted by Crippen LogP contribution is -2.15. The SMILES string of the molecule is COc1cc(Cl)c(CN(C)CBr)cc1Cl. The highest BCUT2D eigenvalue weighted by Gasteiger charge is 2.09. The summed E-state index contributed by atoms with van der Waals surface area (Å²) in [6.45, 7) is 0.744. The first-order valence-electron chi connectivity index (χ1n) is 4.35. The minimum atomic E-state index is 0.583. The van der Waals surface area contributed by atoms with Crippen LogP contribution >= 0.6 is 39.1 Å². The van der Waals surface area contributed by atoms with E-state index in [1.807, 2.05) is 13.1 Å². The van der Waals surface area contributed by atoms with Crippen LogP contribution in [-0.2, 0) is 6.54 Å². The van der Waals surface area contributed by atoms with Crippen molar-refractivity contribution in [3.05, 3.63) is 27.7 Å². The lowest BCUT2D eigenvalue weighted by atomic mass is 10.2.